The van der Waals surface area contributed by atoms with Crippen molar-refractivity contribution in [2.45, 2.75) is 6.92 Å². The summed E-state index contributed by atoms with van der Waals surface area (Å²) in [5.74, 6) is 6.13. The third-order valence-electron chi connectivity index (χ3n) is 3.34. The minimum Gasteiger partial charge on any atom is -1.00 e. The van der Waals surface area contributed by atoms with Crippen LogP contribution in [0.25, 0.3) is 11.3 Å². The van der Waals surface area contributed by atoms with E-state index in [1.54, 1.807) is 4.68 Å². The molecule has 0 spiro atoms. The predicted molar refractivity (Wildman–Crippen MR) is 87.9 cm³/mol. The first-order valence-corrected chi connectivity index (χ1v) is 7.05. The van der Waals surface area contributed by atoms with Crippen LogP contribution in [-0.4, -0.2) is 4.98 Å². The molecule has 0 fully saturated rings. The standard InChI is InChI=1S/C17H17N5.HI/c1-13-7-9-14(10-8-13)16-11-12-22(17(19-16)20-18)21-15-5-3-2-4-6-15;/h2-12,21H,18H2,1H3;1H. The highest BCUT2D eigenvalue weighted by atomic mass is 127. The molecule has 0 bridgehead atoms. The van der Waals surface area contributed by atoms with Crippen LogP contribution < -0.4 is 45.3 Å². The molecule has 1 aromatic heterocycles. The van der Waals surface area contributed by atoms with Gasteiger partial charge in [0.05, 0.1) is 11.9 Å². The number of benzene rings is 2. The Hall–Kier alpha value is -2.19. The number of halogens is 1. The van der Waals surface area contributed by atoms with E-state index in [0.29, 0.717) is 5.95 Å². The molecule has 0 aliphatic rings. The molecule has 0 unspecified atom stereocenters. The van der Waals surface area contributed by atoms with E-state index in [1.165, 1.54) is 5.56 Å². The Morgan fingerprint density at radius 1 is 0.957 bits per heavy atom. The first kappa shape index (κ1) is 17.2. The van der Waals surface area contributed by atoms with Crippen molar-refractivity contribution in [3.05, 3.63) is 72.4 Å². The lowest BCUT2D eigenvalue weighted by Crippen LogP contribution is -3.00. The molecule has 0 radical (unpaired) electrons. The number of nitrogen functional groups attached to an aromatic ring is 1. The highest BCUT2D eigenvalue weighted by molar-refractivity contribution is 5.59. The summed E-state index contributed by atoms with van der Waals surface area (Å²) >= 11 is 0. The number of nitrogens with zero attached hydrogens (tertiary/aromatic N) is 2. The van der Waals surface area contributed by atoms with Gasteiger partial charge in [-0.25, -0.2) is 10.9 Å². The molecule has 0 aliphatic heterocycles. The Balaban J connectivity index is 0.00000192. The summed E-state index contributed by atoms with van der Waals surface area (Å²) in [6.07, 6.45) is 1.89. The van der Waals surface area contributed by atoms with Gasteiger partial charge in [0, 0.05) is 11.6 Å². The lowest BCUT2D eigenvalue weighted by atomic mass is 10.1. The zero-order valence-corrected chi connectivity index (χ0v) is 14.9. The van der Waals surface area contributed by atoms with Gasteiger partial charge in [-0.2, -0.15) is 5.84 Å². The quantitative estimate of drug-likeness (QED) is 0.231. The van der Waals surface area contributed by atoms with Gasteiger partial charge in [-0.15, -0.1) is 4.68 Å². The third kappa shape index (κ3) is 4.17. The molecule has 4 N–H and O–H groups in total. The monoisotopic (exact) mass is 419 g/mol. The summed E-state index contributed by atoms with van der Waals surface area (Å²) in [6, 6.07) is 20.0. The summed E-state index contributed by atoms with van der Waals surface area (Å²) in [5.41, 5.74) is 9.93. The number of rotatable bonds is 4. The fraction of sp³-hybridized carbons (Fsp3) is 0.0588. The van der Waals surface area contributed by atoms with Crippen molar-refractivity contribution >= 4 is 11.6 Å². The van der Waals surface area contributed by atoms with Crippen LogP contribution >= 0.6 is 0 Å². The van der Waals surface area contributed by atoms with E-state index < -0.39 is 0 Å². The summed E-state index contributed by atoms with van der Waals surface area (Å²) in [4.78, 5) is 4.55. The maximum absolute atomic E-state index is 5.60. The molecule has 0 saturated carbocycles. The van der Waals surface area contributed by atoms with Gasteiger partial charge in [-0.05, 0) is 19.1 Å². The maximum atomic E-state index is 5.60. The molecular weight excluding hydrogens is 401 g/mol. The number of hydrogen-bond donors (Lipinski definition) is 3. The molecule has 5 nitrogen and oxygen atoms in total. The average molecular weight is 419 g/mol. The molecule has 0 saturated heterocycles. The van der Waals surface area contributed by atoms with Crippen LogP contribution in [0.15, 0.2) is 66.9 Å². The molecule has 23 heavy (non-hydrogen) atoms. The topological polar surface area (TPSA) is 66.8 Å². The zero-order valence-electron chi connectivity index (χ0n) is 12.7. The summed E-state index contributed by atoms with van der Waals surface area (Å²) in [5, 5.41) is 0. The summed E-state index contributed by atoms with van der Waals surface area (Å²) in [7, 11) is 0. The zero-order chi connectivity index (χ0) is 15.4. The first-order chi connectivity index (χ1) is 10.8. The Kier molecular flexibility index (Phi) is 5.89. The van der Waals surface area contributed by atoms with Crippen molar-refractivity contribution in [3.8, 4) is 11.3 Å². The van der Waals surface area contributed by atoms with E-state index in [1.807, 2.05) is 54.7 Å². The third-order valence-corrected chi connectivity index (χ3v) is 3.34. The predicted octanol–water partition coefficient (Wildman–Crippen LogP) is -0.491. The van der Waals surface area contributed by atoms with Crippen LogP contribution in [0.1, 0.15) is 5.56 Å². The second kappa shape index (κ2) is 7.89. The Bertz CT molecular complexity index is 760. The largest absolute Gasteiger partial charge is 1.00 e. The molecule has 118 valence electrons. The summed E-state index contributed by atoms with van der Waals surface area (Å²) in [6.45, 7) is 2.06. The van der Waals surface area contributed by atoms with E-state index in [0.717, 1.165) is 16.9 Å². The Morgan fingerprint density at radius 2 is 1.65 bits per heavy atom. The minimum atomic E-state index is 0. The van der Waals surface area contributed by atoms with Gasteiger partial charge < -0.3 is 24.0 Å². The number of nitrogens with two attached hydrogens (primary N) is 1. The fourth-order valence-electron chi connectivity index (χ4n) is 2.15. The van der Waals surface area contributed by atoms with Crippen LogP contribution in [0, 0.1) is 6.92 Å². The van der Waals surface area contributed by atoms with Crippen molar-refractivity contribution in [1.82, 2.24) is 4.98 Å². The number of hydrazine groups is 1. The highest BCUT2D eigenvalue weighted by Crippen LogP contribution is 2.17. The fourth-order valence-corrected chi connectivity index (χ4v) is 2.15. The highest BCUT2D eigenvalue weighted by Gasteiger charge is 2.13. The molecule has 3 aromatic rings. The minimum absolute atomic E-state index is 0. The molecule has 0 aliphatic carbocycles. The second-order valence-electron chi connectivity index (χ2n) is 4.99. The number of hydrogen-bond acceptors (Lipinski definition) is 4. The Labute approximate surface area is 152 Å². The van der Waals surface area contributed by atoms with Crippen LogP contribution in [0.2, 0.25) is 0 Å². The second-order valence-corrected chi connectivity index (χ2v) is 4.99. The molecule has 3 rings (SSSR count). The number of nitrogens with one attached hydrogen (secondary N) is 2. The van der Waals surface area contributed by atoms with Crippen LogP contribution in [0.3, 0.4) is 0 Å². The van der Waals surface area contributed by atoms with Crippen molar-refractivity contribution in [2.24, 2.45) is 5.84 Å². The molecule has 1 heterocycles. The number of para-hydroxylation sites is 1. The average Bonchev–Trinajstić information content (AvgIpc) is 2.57. The number of aromatic nitrogens is 2. The van der Waals surface area contributed by atoms with Gasteiger partial charge in [0.2, 0.25) is 0 Å². The molecule has 2 aromatic carbocycles. The van der Waals surface area contributed by atoms with Gasteiger partial charge in [0.15, 0.2) is 5.69 Å². The van der Waals surface area contributed by atoms with E-state index in [2.05, 4.69) is 34.9 Å². The molecule has 0 atom stereocenters. The smallest absolute Gasteiger partial charge is 0.431 e. The lowest BCUT2D eigenvalue weighted by Gasteiger charge is -2.08. The first-order valence-electron chi connectivity index (χ1n) is 7.05. The van der Waals surface area contributed by atoms with Gasteiger partial charge in [-0.1, -0.05) is 53.0 Å². The van der Waals surface area contributed by atoms with Crippen molar-refractivity contribution in [1.29, 1.82) is 0 Å². The maximum Gasteiger partial charge on any atom is 0.431 e. The van der Waals surface area contributed by atoms with Crippen molar-refractivity contribution in [2.75, 3.05) is 10.9 Å². The van der Waals surface area contributed by atoms with E-state index in [9.17, 15) is 0 Å². The summed E-state index contributed by atoms with van der Waals surface area (Å²) < 4.78 is 1.74. The molecular formula is C17H18IN5. The van der Waals surface area contributed by atoms with Crippen LogP contribution in [-0.2, 0) is 0 Å². The number of anilines is 2. The van der Waals surface area contributed by atoms with Gasteiger partial charge >= 0.3 is 5.95 Å². The van der Waals surface area contributed by atoms with Crippen molar-refractivity contribution in [3.63, 3.8) is 0 Å². The normalized spacial score (nSPS) is 9.83. The molecule has 0 amide bonds. The van der Waals surface area contributed by atoms with E-state index >= 15 is 0 Å². The van der Waals surface area contributed by atoms with Gasteiger partial charge in [-0.3, -0.25) is 0 Å². The SMILES string of the molecule is Cc1ccc(-c2cc[n+](Nc3ccccc3)c(NN)n2)cc1.[I-]. The van der Waals surface area contributed by atoms with E-state index in [-0.39, 0.29) is 24.0 Å². The lowest BCUT2D eigenvalue weighted by molar-refractivity contribution is -0.630. The number of aryl methyl sites for hydroxylation is 1. The van der Waals surface area contributed by atoms with Gasteiger partial charge in [0.25, 0.3) is 0 Å². The Morgan fingerprint density at radius 3 is 2.30 bits per heavy atom. The van der Waals surface area contributed by atoms with E-state index in [4.69, 9.17) is 5.84 Å². The molecule has 6 heteroatoms. The van der Waals surface area contributed by atoms with Crippen molar-refractivity contribution < 1.29 is 28.7 Å². The van der Waals surface area contributed by atoms with Crippen LogP contribution in [0.5, 0.6) is 0 Å². The van der Waals surface area contributed by atoms with Gasteiger partial charge in [0.1, 0.15) is 0 Å². The van der Waals surface area contributed by atoms with Crippen LogP contribution in [0.4, 0.5) is 11.6 Å².